The number of carboxylic acid groups (broad SMARTS) is 1. The van der Waals surface area contributed by atoms with Gasteiger partial charge in [0, 0.05) is 18.5 Å². The summed E-state index contributed by atoms with van der Waals surface area (Å²) in [5.74, 6) is -0.904. The van der Waals surface area contributed by atoms with Gasteiger partial charge in [0.05, 0.1) is 5.92 Å². The van der Waals surface area contributed by atoms with Crippen molar-refractivity contribution in [1.29, 1.82) is 0 Å². The third-order valence-electron chi connectivity index (χ3n) is 4.09. The molecular weight excluding hydrogens is 218 g/mol. The van der Waals surface area contributed by atoms with E-state index in [1.807, 2.05) is 0 Å². The van der Waals surface area contributed by atoms with E-state index in [0.29, 0.717) is 13.0 Å². The molecule has 2 rings (SSSR count). The average molecular weight is 239 g/mol. The van der Waals surface area contributed by atoms with E-state index >= 15 is 0 Å². The minimum Gasteiger partial charge on any atom is -0.481 e. The van der Waals surface area contributed by atoms with Crippen molar-refractivity contribution in [3.63, 3.8) is 0 Å². The summed E-state index contributed by atoms with van der Waals surface area (Å²) in [6, 6.07) is 0. The Balaban J connectivity index is 1.98. The Morgan fingerprint density at radius 2 is 2.12 bits per heavy atom. The van der Waals surface area contributed by atoms with E-state index in [1.165, 1.54) is 0 Å². The normalized spacial score (nSPS) is 26.6. The Bertz CT molecular complexity index is 323. The molecule has 1 atom stereocenters. The first kappa shape index (κ1) is 12.4. The van der Waals surface area contributed by atoms with Crippen LogP contribution in [-0.2, 0) is 9.59 Å². The highest BCUT2D eigenvalue weighted by molar-refractivity contribution is 5.86. The first-order valence-corrected chi connectivity index (χ1v) is 6.61. The predicted molar refractivity (Wildman–Crippen MR) is 63.5 cm³/mol. The number of amides is 1. The summed E-state index contributed by atoms with van der Waals surface area (Å²) >= 11 is 0. The van der Waals surface area contributed by atoms with Crippen molar-refractivity contribution in [2.24, 2.45) is 11.3 Å². The van der Waals surface area contributed by atoms with Crippen LogP contribution in [-0.4, -0.2) is 35.0 Å². The molecule has 1 saturated heterocycles. The van der Waals surface area contributed by atoms with Crippen LogP contribution in [0.25, 0.3) is 0 Å². The smallest absolute Gasteiger partial charge is 0.308 e. The molecule has 1 saturated carbocycles. The second-order valence-electron chi connectivity index (χ2n) is 5.46. The number of rotatable bonds is 4. The number of aliphatic carboxylic acids is 1. The molecule has 17 heavy (non-hydrogen) atoms. The van der Waals surface area contributed by atoms with Gasteiger partial charge in [-0.15, -0.1) is 0 Å². The minimum atomic E-state index is -0.761. The maximum Gasteiger partial charge on any atom is 0.308 e. The molecular formula is C13H21NO3. The zero-order valence-corrected chi connectivity index (χ0v) is 10.4. The number of hydrogen-bond donors (Lipinski definition) is 1. The molecule has 4 nitrogen and oxygen atoms in total. The molecule has 0 spiro atoms. The summed E-state index contributed by atoms with van der Waals surface area (Å²) in [5, 5.41) is 9.02. The van der Waals surface area contributed by atoms with Gasteiger partial charge >= 0.3 is 5.97 Å². The SMILES string of the molecule is CCCC1(C(=O)N2CCCC(C(=O)O)C2)CC1. The van der Waals surface area contributed by atoms with Crippen LogP contribution < -0.4 is 0 Å². The summed E-state index contributed by atoms with van der Waals surface area (Å²) in [4.78, 5) is 25.1. The number of carbonyl (C=O) groups excluding carboxylic acids is 1. The highest BCUT2D eigenvalue weighted by Crippen LogP contribution is 2.51. The monoisotopic (exact) mass is 239 g/mol. The van der Waals surface area contributed by atoms with Gasteiger partial charge in [-0.3, -0.25) is 9.59 Å². The fraction of sp³-hybridized carbons (Fsp3) is 0.846. The van der Waals surface area contributed by atoms with Crippen molar-refractivity contribution in [2.45, 2.75) is 45.4 Å². The lowest BCUT2D eigenvalue weighted by atomic mass is 9.94. The number of nitrogens with zero attached hydrogens (tertiary/aromatic N) is 1. The van der Waals surface area contributed by atoms with Crippen LogP contribution in [0.4, 0.5) is 0 Å². The van der Waals surface area contributed by atoms with Gasteiger partial charge in [0.25, 0.3) is 0 Å². The van der Waals surface area contributed by atoms with E-state index < -0.39 is 5.97 Å². The lowest BCUT2D eigenvalue weighted by Crippen LogP contribution is -2.45. The average Bonchev–Trinajstić information content (AvgIpc) is 3.10. The largest absolute Gasteiger partial charge is 0.481 e. The number of piperidine rings is 1. The number of likely N-dealkylation sites (tertiary alicyclic amines) is 1. The maximum absolute atomic E-state index is 12.4. The molecule has 0 aromatic rings. The quantitative estimate of drug-likeness (QED) is 0.815. The fourth-order valence-electron chi connectivity index (χ4n) is 2.90. The van der Waals surface area contributed by atoms with Crippen LogP contribution in [0.3, 0.4) is 0 Å². The summed E-state index contributed by atoms with van der Waals surface area (Å²) in [5.41, 5.74) is -0.116. The Morgan fingerprint density at radius 3 is 2.65 bits per heavy atom. The van der Waals surface area contributed by atoms with E-state index in [1.54, 1.807) is 4.90 Å². The summed E-state index contributed by atoms with van der Waals surface area (Å²) in [7, 11) is 0. The van der Waals surface area contributed by atoms with Crippen molar-refractivity contribution in [3.05, 3.63) is 0 Å². The molecule has 0 bridgehead atoms. The van der Waals surface area contributed by atoms with E-state index in [4.69, 9.17) is 5.11 Å². The third kappa shape index (κ3) is 2.45. The second-order valence-corrected chi connectivity index (χ2v) is 5.46. The first-order chi connectivity index (χ1) is 8.09. The van der Waals surface area contributed by atoms with Crippen LogP contribution >= 0.6 is 0 Å². The molecule has 96 valence electrons. The second kappa shape index (κ2) is 4.67. The number of carbonyl (C=O) groups is 2. The van der Waals surface area contributed by atoms with Gasteiger partial charge in [-0.25, -0.2) is 0 Å². The van der Waals surface area contributed by atoms with E-state index in [2.05, 4.69) is 6.92 Å². The van der Waals surface area contributed by atoms with Gasteiger partial charge in [-0.05, 0) is 32.1 Å². The zero-order valence-electron chi connectivity index (χ0n) is 10.4. The van der Waals surface area contributed by atoms with E-state index in [9.17, 15) is 9.59 Å². The molecule has 1 unspecified atom stereocenters. The zero-order chi connectivity index (χ0) is 12.5. The van der Waals surface area contributed by atoms with Crippen LogP contribution in [0.1, 0.15) is 45.4 Å². The van der Waals surface area contributed by atoms with Crippen LogP contribution in [0.5, 0.6) is 0 Å². The van der Waals surface area contributed by atoms with E-state index in [-0.39, 0.29) is 17.2 Å². The summed E-state index contributed by atoms with van der Waals surface area (Å²) in [6.07, 6.45) is 5.51. The van der Waals surface area contributed by atoms with E-state index in [0.717, 1.165) is 38.6 Å². The highest BCUT2D eigenvalue weighted by Gasteiger charge is 2.51. The first-order valence-electron chi connectivity index (χ1n) is 6.61. The topological polar surface area (TPSA) is 57.6 Å². The molecule has 0 radical (unpaired) electrons. The number of hydrogen-bond acceptors (Lipinski definition) is 2. The van der Waals surface area contributed by atoms with Crippen molar-refractivity contribution in [3.8, 4) is 0 Å². The summed E-state index contributed by atoms with van der Waals surface area (Å²) < 4.78 is 0. The van der Waals surface area contributed by atoms with Crippen molar-refractivity contribution in [2.75, 3.05) is 13.1 Å². The van der Waals surface area contributed by atoms with Gasteiger partial charge < -0.3 is 10.0 Å². The molecule has 1 aliphatic carbocycles. The molecule has 0 aromatic carbocycles. The van der Waals surface area contributed by atoms with Gasteiger partial charge in [0.2, 0.25) is 5.91 Å². The van der Waals surface area contributed by atoms with Crippen molar-refractivity contribution in [1.82, 2.24) is 4.90 Å². The maximum atomic E-state index is 12.4. The lowest BCUT2D eigenvalue weighted by molar-refractivity contribution is -0.147. The molecule has 1 aliphatic heterocycles. The molecule has 1 N–H and O–H groups in total. The van der Waals surface area contributed by atoms with Gasteiger partial charge in [0.1, 0.15) is 0 Å². The Kier molecular flexibility index (Phi) is 3.40. The Labute approximate surface area is 102 Å². The Hall–Kier alpha value is -1.06. The molecule has 4 heteroatoms. The standard InChI is InChI=1S/C13H21NO3/c1-2-5-13(6-7-13)12(17)14-8-3-4-10(9-14)11(15)16/h10H,2-9H2,1H3,(H,15,16). The highest BCUT2D eigenvalue weighted by atomic mass is 16.4. The minimum absolute atomic E-state index is 0.116. The molecule has 2 aliphatic rings. The van der Waals surface area contributed by atoms with Crippen LogP contribution in [0, 0.1) is 11.3 Å². The predicted octanol–water partition coefficient (Wildman–Crippen LogP) is 1.89. The van der Waals surface area contributed by atoms with Gasteiger partial charge in [-0.2, -0.15) is 0 Å². The fourth-order valence-corrected chi connectivity index (χ4v) is 2.90. The van der Waals surface area contributed by atoms with Gasteiger partial charge in [0.15, 0.2) is 0 Å². The van der Waals surface area contributed by atoms with Gasteiger partial charge in [-0.1, -0.05) is 13.3 Å². The molecule has 1 amide bonds. The summed E-state index contributed by atoms with van der Waals surface area (Å²) in [6.45, 7) is 3.26. The molecule has 0 aromatic heterocycles. The lowest BCUT2D eigenvalue weighted by Gasteiger charge is -2.33. The van der Waals surface area contributed by atoms with Crippen LogP contribution in [0.15, 0.2) is 0 Å². The third-order valence-corrected chi connectivity index (χ3v) is 4.09. The van der Waals surface area contributed by atoms with Crippen molar-refractivity contribution < 1.29 is 14.7 Å². The van der Waals surface area contributed by atoms with Crippen LogP contribution in [0.2, 0.25) is 0 Å². The molecule has 1 heterocycles. The Morgan fingerprint density at radius 1 is 1.41 bits per heavy atom. The van der Waals surface area contributed by atoms with Crippen molar-refractivity contribution >= 4 is 11.9 Å². The molecule has 2 fully saturated rings. The number of carboxylic acids is 1.